The van der Waals surface area contributed by atoms with Gasteiger partial charge in [0.2, 0.25) is 0 Å². The number of hydrogen-bond acceptors (Lipinski definition) is 4. The number of piperazine rings is 1. The lowest BCUT2D eigenvalue weighted by Crippen LogP contribution is -2.57. The van der Waals surface area contributed by atoms with E-state index in [1.54, 1.807) is 0 Å². The van der Waals surface area contributed by atoms with Crippen LogP contribution in [0.3, 0.4) is 0 Å². The summed E-state index contributed by atoms with van der Waals surface area (Å²) < 4.78 is 0. The molecule has 0 aromatic carbocycles. The van der Waals surface area contributed by atoms with Gasteiger partial charge in [0, 0.05) is 31.7 Å². The van der Waals surface area contributed by atoms with Crippen molar-refractivity contribution in [3.8, 4) is 0 Å². The van der Waals surface area contributed by atoms with Gasteiger partial charge in [-0.15, -0.1) is 0 Å². The normalized spacial score (nSPS) is 20.6. The van der Waals surface area contributed by atoms with Crippen molar-refractivity contribution in [2.24, 2.45) is 5.73 Å². The van der Waals surface area contributed by atoms with Crippen molar-refractivity contribution in [3.05, 3.63) is 23.9 Å². The van der Waals surface area contributed by atoms with Gasteiger partial charge < -0.3 is 10.6 Å². The summed E-state index contributed by atoms with van der Waals surface area (Å²) >= 11 is 0. The number of pyridine rings is 1. The first kappa shape index (κ1) is 12.3. The smallest absolute Gasteiger partial charge is 0.128 e. The van der Waals surface area contributed by atoms with Gasteiger partial charge in [-0.1, -0.05) is 6.07 Å². The number of likely N-dealkylation sites (N-methyl/N-ethyl adjacent to an activating group) is 1. The number of nitrogens with two attached hydrogens (primary N) is 1. The molecule has 4 heteroatoms. The van der Waals surface area contributed by atoms with Crippen LogP contribution in [0.1, 0.15) is 19.5 Å². The van der Waals surface area contributed by atoms with Gasteiger partial charge in [0.1, 0.15) is 5.82 Å². The van der Waals surface area contributed by atoms with Crippen molar-refractivity contribution in [2.75, 3.05) is 31.6 Å². The fourth-order valence-corrected chi connectivity index (χ4v) is 2.19. The molecule has 17 heavy (non-hydrogen) atoms. The first-order valence-electron chi connectivity index (χ1n) is 6.15. The second-order valence-electron chi connectivity index (χ2n) is 5.35. The van der Waals surface area contributed by atoms with Crippen molar-refractivity contribution < 1.29 is 0 Å². The molecule has 0 spiro atoms. The van der Waals surface area contributed by atoms with Gasteiger partial charge in [-0.2, -0.15) is 0 Å². The Morgan fingerprint density at radius 3 is 2.76 bits per heavy atom. The summed E-state index contributed by atoms with van der Waals surface area (Å²) in [5.74, 6) is 1.05. The molecule has 1 aromatic rings. The van der Waals surface area contributed by atoms with E-state index in [1.807, 2.05) is 12.1 Å². The predicted molar refractivity (Wildman–Crippen MR) is 71.1 cm³/mol. The van der Waals surface area contributed by atoms with E-state index in [0.29, 0.717) is 6.54 Å². The third-order valence-electron chi connectivity index (χ3n) is 3.64. The molecule has 0 unspecified atom stereocenters. The number of nitrogens with zero attached hydrogens (tertiary/aromatic N) is 3. The minimum absolute atomic E-state index is 0.193. The molecular formula is C13H22N4. The van der Waals surface area contributed by atoms with E-state index in [1.165, 1.54) is 0 Å². The molecule has 1 saturated heterocycles. The van der Waals surface area contributed by atoms with Gasteiger partial charge in [-0.05, 0) is 33.0 Å². The van der Waals surface area contributed by atoms with E-state index in [-0.39, 0.29) is 5.54 Å². The Morgan fingerprint density at radius 1 is 1.35 bits per heavy atom. The van der Waals surface area contributed by atoms with Gasteiger partial charge in [0.25, 0.3) is 0 Å². The lowest BCUT2D eigenvalue weighted by molar-refractivity contribution is 0.138. The number of aromatic nitrogens is 1. The van der Waals surface area contributed by atoms with E-state index < -0.39 is 0 Å². The molecule has 0 aliphatic carbocycles. The van der Waals surface area contributed by atoms with Crippen LogP contribution >= 0.6 is 0 Å². The van der Waals surface area contributed by atoms with Crippen LogP contribution in [0.2, 0.25) is 0 Å². The van der Waals surface area contributed by atoms with Crippen LogP contribution in [-0.4, -0.2) is 42.1 Å². The largest absolute Gasteiger partial charge is 0.353 e. The molecule has 0 atom stereocenters. The molecule has 1 fully saturated rings. The highest BCUT2D eigenvalue weighted by molar-refractivity contribution is 5.40. The molecule has 2 heterocycles. The topological polar surface area (TPSA) is 45.4 Å². The van der Waals surface area contributed by atoms with Gasteiger partial charge in [-0.25, -0.2) is 4.98 Å². The Bertz CT molecular complexity index is 389. The molecule has 4 nitrogen and oxygen atoms in total. The van der Waals surface area contributed by atoms with Crippen molar-refractivity contribution in [2.45, 2.75) is 25.9 Å². The van der Waals surface area contributed by atoms with E-state index in [0.717, 1.165) is 31.1 Å². The fourth-order valence-electron chi connectivity index (χ4n) is 2.19. The quantitative estimate of drug-likeness (QED) is 0.831. The maximum Gasteiger partial charge on any atom is 0.128 e. The van der Waals surface area contributed by atoms with Crippen LogP contribution in [0, 0.1) is 0 Å². The minimum Gasteiger partial charge on any atom is -0.353 e. The molecular weight excluding hydrogens is 212 g/mol. The summed E-state index contributed by atoms with van der Waals surface area (Å²) in [6.45, 7) is 8.15. The molecule has 1 aliphatic heterocycles. The fraction of sp³-hybridized carbons (Fsp3) is 0.615. The summed E-state index contributed by atoms with van der Waals surface area (Å²) in [5.41, 5.74) is 6.79. The van der Waals surface area contributed by atoms with Gasteiger partial charge in [0.05, 0.1) is 5.69 Å². The SMILES string of the molecule is CN1CCN(c2cccc(CN)n2)CC1(C)C. The summed E-state index contributed by atoms with van der Waals surface area (Å²) in [6.07, 6.45) is 0. The van der Waals surface area contributed by atoms with Crippen molar-refractivity contribution >= 4 is 5.82 Å². The summed E-state index contributed by atoms with van der Waals surface area (Å²) in [7, 11) is 2.18. The van der Waals surface area contributed by atoms with E-state index in [2.05, 4.69) is 41.7 Å². The maximum atomic E-state index is 5.63. The van der Waals surface area contributed by atoms with Crippen LogP contribution in [0.4, 0.5) is 5.82 Å². The monoisotopic (exact) mass is 234 g/mol. The maximum absolute atomic E-state index is 5.63. The number of hydrogen-bond donors (Lipinski definition) is 1. The van der Waals surface area contributed by atoms with Gasteiger partial charge >= 0.3 is 0 Å². The van der Waals surface area contributed by atoms with Gasteiger partial charge in [0.15, 0.2) is 0 Å². The highest BCUT2D eigenvalue weighted by Gasteiger charge is 2.31. The zero-order valence-corrected chi connectivity index (χ0v) is 11.0. The van der Waals surface area contributed by atoms with Crippen LogP contribution in [0.25, 0.3) is 0 Å². The second-order valence-corrected chi connectivity index (χ2v) is 5.35. The summed E-state index contributed by atoms with van der Waals surface area (Å²) in [6, 6.07) is 6.08. The lowest BCUT2D eigenvalue weighted by Gasteiger charge is -2.45. The van der Waals surface area contributed by atoms with E-state index in [9.17, 15) is 0 Å². The summed E-state index contributed by atoms with van der Waals surface area (Å²) in [4.78, 5) is 9.33. The molecule has 0 radical (unpaired) electrons. The minimum atomic E-state index is 0.193. The molecule has 0 bridgehead atoms. The average molecular weight is 234 g/mol. The average Bonchev–Trinajstić information content (AvgIpc) is 2.32. The first-order chi connectivity index (χ1) is 8.03. The van der Waals surface area contributed by atoms with Crippen LogP contribution in [0.5, 0.6) is 0 Å². The van der Waals surface area contributed by atoms with Crippen LogP contribution in [0.15, 0.2) is 18.2 Å². The zero-order chi connectivity index (χ0) is 12.5. The Hall–Kier alpha value is -1.13. The Kier molecular flexibility index (Phi) is 3.35. The molecule has 1 aromatic heterocycles. The van der Waals surface area contributed by atoms with Crippen LogP contribution < -0.4 is 10.6 Å². The van der Waals surface area contributed by atoms with E-state index in [4.69, 9.17) is 5.73 Å². The Balaban J connectivity index is 2.17. The molecule has 0 amide bonds. The van der Waals surface area contributed by atoms with Gasteiger partial charge in [-0.3, -0.25) is 4.90 Å². The van der Waals surface area contributed by atoms with E-state index >= 15 is 0 Å². The molecule has 0 saturated carbocycles. The third kappa shape index (κ3) is 2.58. The highest BCUT2D eigenvalue weighted by Crippen LogP contribution is 2.23. The number of rotatable bonds is 2. The molecule has 2 N–H and O–H groups in total. The van der Waals surface area contributed by atoms with Crippen molar-refractivity contribution in [1.82, 2.24) is 9.88 Å². The second kappa shape index (κ2) is 4.63. The van der Waals surface area contributed by atoms with Crippen LogP contribution in [-0.2, 0) is 6.54 Å². The standard InChI is InChI=1S/C13H22N4/c1-13(2)10-17(8-7-16(13)3)12-6-4-5-11(9-14)15-12/h4-6H,7-10,14H2,1-3H3. The Labute approximate surface area is 103 Å². The first-order valence-corrected chi connectivity index (χ1v) is 6.15. The molecule has 94 valence electrons. The number of anilines is 1. The lowest BCUT2D eigenvalue weighted by atomic mass is 10.00. The van der Waals surface area contributed by atoms with Crippen molar-refractivity contribution in [1.29, 1.82) is 0 Å². The molecule has 1 aliphatic rings. The Morgan fingerprint density at radius 2 is 2.12 bits per heavy atom. The predicted octanol–water partition coefficient (Wildman–Crippen LogP) is 1.07. The molecule has 2 rings (SSSR count). The van der Waals surface area contributed by atoms with Crippen molar-refractivity contribution in [3.63, 3.8) is 0 Å². The summed E-state index contributed by atoms with van der Waals surface area (Å²) in [5, 5.41) is 0. The highest BCUT2D eigenvalue weighted by atomic mass is 15.3. The zero-order valence-electron chi connectivity index (χ0n) is 11.0. The third-order valence-corrected chi connectivity index (χ3v) is 3.64.